The van der Waals surface area contributed by atoms with E-state index < -0.39 is 17.9 Å². The van der Waals surface area contributed by atoms with Gasteiger partial charge in [0, 0.05) is 32.1 Å². The fraction of sp³-hybridized carbons (Fsp3) is 0.294. The molecule has 5 nitrogen and oxygen atoms in total. The molecule has 1 N–H and O–H groups in total. The predicted molar refractivity (Wildman–Crippen MR) is 88.1 cm³/mol. The second-order valence-corrected chi connectivity index (χ2v) is 5.41. The molecule has 1 aromatic carbocycles. The largest absolute Gasteiger partial charge is 0.465 e. The molecular formula is C17H19F3N2O3. The molecule has 136 valence electrons. The molecule has 0 unspecified atom stereocenters. The van der Waals surface area contributed by atoms with E-state index in [0.717, 1.165) is 5.56 Å². The predicted octanol–water partition coefficient (Wildman–Crippen LogP) is 3.28. The number of hydrogen-bond acceptors (Lipinski definition) is 5. The number of alkyl halides is 3. The van der Waals surface area contributed by atoms with Crippen molar-refractivity contribution in [2.75, 3.05) is 26.5 Å². The van der Waals surface area contributed by atoms with Gasteiger partial charge in [-0.15, -0.1) is 0 Å². The van der Waals surface area contributed by atoms with Gasteiger partial charge in [-0.1, -0.05) is 11.6 Å². The Hall–Kier alpha value is -2.77. The van der Waals surface area contributed by atoms with Gasteiger partial charge in [-0.3, -0.25) is 4.79 Å². The molecule has 0 saturated heterocycles. The zero-order valence-corrected chi connectivity index (χ0v) is 14.3. The minimum Gasteiger partial charge on any atom is -0.465 e. The Kier molecular flexibility index (Phi) is 6.78. The van der Waals surface area contributed by atoms with Crippen LogP contribution >= 0.6 is 0 Å². The summed E-state index contributed by atoms with van der Waals surface area (Å²) in [6.45, 7) is 1.76. The number of nitrogens with zero attached hydrogens (tertiary/aromatic N) is 1. The van der Waals surface area contributed by atoms with E-state index >= 15 is 0 Å². The number of carbonyl (C=O) groups is 2. The van der Waals surface area contributed by atoms with Crippen molar-refractivity contribution in [1.82, 2.24) is 4.90 Å². The van der Waals surface area contributed by atoms with Gasteiger partial charge in [-0.25, -0.2) is 4.79 Å². The van der Waals surface area contributed by atoms with Crippen molar-refractivity contribution in [1.29, 1.82) is 0 Å². The third kappa shape index (κ3) is 6.33. The van der Waals surface area contributed by atoms with E-state index in [2.05, 4.69) is 10.1 Å². The first-order valence-corrected chi connectivity index (χ1v) is 7.18. The number of esters is 1. The molecule has 0 aliphatic carbocycles. The van der Waals surface area contributed by atoms with Crippen molar-refractivity contribution in [2.45, 2.75) is 13.1 Å². The molecule has 1 aromatic rings. The number of hydrogen-bond donors (Lipinski definition) is 1. The molecule has 0 amide bonds. The molecular weight excluding hydrogens is 337 g/mol. The van der Waals surface area contributed by atoms with Gasteiger partial charge in [-0.2, -0.15) is 13.2 Å². The first-order chi connectivity index (χ1) is 11.5. The molecule has 0 bridgehead atoms. The third-order valence-electron chi connectivity index (χ3n) is 2.98. The Morgan fingerprint density at radius 1 is 1.24 bits per heavy atom. The van der Waals surface area contributed by atoms with Crippen LogP contribution in [-0.2, 0) is 9.53 Å². The maximum Gasteiger partial charge on any atom is 0.454 e. The summed E-state index contributed by atoms with van der Waals surface area (Å²) in [6.07, 6.45) is -1.79. The first kappa shape index (κ1) is 20.3. The van der Waals surface area contributed by atoms with E-state index in [1.54, 1.807) is 32.0 Å². The topological polar surface area (TPSA) is 58.6 Å². The molecule has 0 radical (unpaired) electrons. The number of rotatable bonds is 6. The van der Waals surface area contributed by atoms with Gasteiger partial charge in [0.2, 0.25) is 0 Å². The number of carbonyl (C=O) groups excluding carboxylic acids is 2. The van der Waals surface area contributed by atoms with Gasteiger partial charge >= 0.3 is 12.1 Å². The minimum absolute atomic E-state index is 0.120. The van der Waals surface area contributed by atoms with Gasteiger partial charge in [0.25, 0.3) is 5.78 Å². The minimum atomic E-state index is -4.99. The highest BCUT2D eigenvalue weighted by Gasteiger charge is 2.36. The summed E-state index contributed by atoms with van der Waals surface area (Å²) in [7, 11) is 4.54. The second kappa shape index (κ2) is 8.36. The number of ketones is 1. The van der Waals surface area contributed by atoms with E-state index in [1.807, 2.05) is 0 Å². The molecule has 0 aliphatic rings. The maximum atomic E-state index is 12.5. The van der Waals surface area contributed by atoms with Gasteiger partial charge in [0.1, 0.15) is 0 Å². The van der Waals surface area contributed by atoms with Crippen LogP contribution in [0, 0.1) is 6.92 Å². The average Bonchev–Trinajstić information content (AvgIpc) is 2.52. The SMILES string of the molecule is COC(=O)c1cc(C)ccc1NC(/C=C/N(C)C)=C/C(=O)C(F)(F)F. The van der Waals surface area contributed by atoms with Crippen LogP contribution in [0.25, 0.3) is 0 Å². The van der Waals surface area contributed by atoms with Crippen LogP contribution in [0.3, 0.4) is 0 Å². The lowest BCUT2D eigenvalue weighted by molar-refractivity contribution is -0.165. The first-order valence-electron chi connectivity index (χ1n) is 7.18. The van der Waals surface area contributed by atoms with Crippen molar-refractivity contribution in [3.8, 4) is 0 Å². The lowest BCUT2D eigenvalue weighted by Gasteiger charge is -2.13. The molecule has 0 atom stereocenters. The number of anilines is 1. The Labute approximate surface area is 143 Å². The quantitative estimate of drug-likeness (QED) is 0.482. The van der Waals surface area contributed by atoms with E-state index in [9.17, 15) is 22.8 Å². The zero-order valence-electron chi connectivity index (χ0n) is 14.3. The normalized spacial score (nSPS) is 12.2. The zero-order chi connectivity index (χ0) is 19.2. The van der Waals surface area contributed by atoms with E-state index in [1.165, 1.54) is 31.5 Å². The summed E-state index contributed by atoms with van der Waals surface area (Å²) < 4.78 is 42.3. The Morgan fingerprint density at radius 2 is 1.88 bits per heavy atom. The second-order valence-electron chi connectivity index (χ2n) is 5.41. The van der Waals surface area contributed by atoms with E-state index in [4.69, 9.17) is 0 Å². The molecule has 25 heavy (non-hydrogen) atoms. The number of allylic oxidation sites excluding steroid dienone is 2. The lowest BCUT2D eigenvalue weighted by Crippen LogP contribution is -2.21. The Bertz CT molecular complexity index is 708. The Balaban J connectivity index is 3.29. The summed E-state index contributed by atoms with van der Waals surface area (Å²) >= 11 is 0. The summed E-state index contributed by atoms with van der Waals surface area (Å²) in [5, 5.41) is 2.67. The maximum absolute atomic E-state index is 12.5. The summed E-state index contributed by atoms with van der Waals surface area (Å²) in [5.41, 5.74) is 1.02. The molecule has 8 heteroatoms. The van der Waals surface area contributed by atoms with Gasteiger partial charge in [0.15, 0.2) is 0 Å². The van der Waals surface area contributed by atoms with E-state index in [0.29, 0.717) is 6.08 Å². The monoisotopic (exact) mass is 356 g/mol. The fourth-order valence-corrected chi connectivity index (χ4v) is 1.78. The third-order valence-corrected chi connectivity index (χ3v) is 2.98. The summed E-state index contributed by atoms with van der Waals surface area (Å²) in [6, 6.07) is 4.73. The van der Waals surface area contributed by atoms with Crippen molar-refractivity contribution < 1.29 is 27.5 Å². The number of aryl methyl sites for hydroxylation is 1. The fourth-order valence-electron chi connectivity index (χ4n) is 1.78. The molecule has 0 aromatic heterocycles. The molecule has 1 rings (SSSR count). The molecule has 0 saturated carbocycles. The summed E-state index contributed by atoms with van der Waals surface area (Å²) in [4.78, 5) is 24.7. The van der Waals surface area contributed by atoms with Crippen LogP contribution in [0.5, 0.6) is 0 Å². The van der Waals surface area contributed by atoms with Gasteiger partial charge in [-0.05, 0) is 25.1 Å². The van der Waals surface area contributed by atoms with Crippen LogP contribution in [0.15, 0.2) is 42.2 Å². The summed E-state index contributed by atoms with van der Waals surface area (Å²) in [5.74, 6) is -2.66. The number of halogens is 3. The highest BCUT2D eigenvalue weighted by atomic mass is 19.4. The van der Waals surface area contributed by atoms with Crippen molar-refractivity contribution in [3.63, 3.8) is 0 Å². The molecule has 0 fully saturated rings. The van der Waals surface area contributed by atoms with Gasteiger partial charge < -0.3 is 15.0 Å². The molecule has 0 spiro atoms. The van der Waals surface area contributed by atoms with Crippen LogP contribution < -0.4 is 5.32 Å². The number of ether oxygens (including phenoxy) is 1. The van der Waals surface area contributed by atoms with Crippen molar-refractivity contribution in [2.24, 2.45) is 0 Å². The molecule has 0 aliphatic heterocycles. The van der Waals surface area contributed by atoms with Crippen LogP contribution in [-0.4, -0.2) is 44.0 Å². The number of benzene rings is 1. The highest BCUT2D eigenvalue weighted by molar-refractivity contribution is 5.98. The van der Waals surface area contributed by atoms with Crippen molar-refractivity contribution in [3.05, 3.63) is 53.4 Å². The lowest BCUT2D eigenvalue weighted by atomic mass is 10.1. The van der Waals surface area contributed by atoms with Crippen LogP contribution in [0.2, 0.25) is 0 Å². The standard InChI is InChI=1S/C17H19F3N2O3/c1-11-5-6-14(13(9-11)16(24)25-4)21-12(7-8-22(2)3)10-15(23)17(18,19)20/h5-10,21H,1-4H3/b8-7+,12-10+. The highest BCUT2D eigenvalue weighted by Crippen LogP contribution is 2.22. The smallest absolute Gasteiger partial charge is 0.454 e. The van der Waals surface area contributed by atoms with E-state index in [-0.39, 0.29) is 16.9 Å². The average molecular weight is 356 g/mol. The van der Waals surface area contributed by atoms with Gasteiger partial charge in [0.05, 0.1) is 18.4 Å². The Morgan fingerprint density at radius 3 is 2.40 bits per heavy atom. The number of nitrogens with one attached hydrogen (secondary N) is 1. The van der Waals surface area contributed by atoms with Crippen LogP contribution in [0.4, 0.5) is 18.9 Å². The van der Waals surface area contributed by atoms with Crippen LogP contribution in [0.1, 0.15) is 15.9 Å². The number of methoxy groups -OCH3 is 1. The van der Waals surface area contributed by atoms with Crippen molar-refractivity contribution >= 4 is 17.4 Å². The molecule has 0 heterocycles.